The molecule has 0 amide bonds. The number of fused-ring (bicyclic) bond motifs is 1. The van der Waals surface area contributed by atoms with E-state index in [1.807, 2.05) is 17.8 Å². The quantitative estimate of drug-likeness (QED) is 0.794. The third kappa shape index (κ3) is 3.73. The Morgan fingerprint density at radius 2 is 2.00 bits per heavy atom. The van der Waals surface area contributed by atoms with Gasteiger partial charge in [-0.25, -0.2) is 4.79 Å². The third-order valence-electron chi connectivity index (χ3n) is 4.53. The first kappa shape index (κ1) is 17.6. The SMILES string of the molecule is CC1(C)CCSc2ccc(C#CC(O)c3ccccc3C(=O)O)cc21. The van der Waals surface area contributed by atoms with E-state index in [1.165, 1.54) is 16.5 Å². The molecule has 2 aromatic carbocycles. The number of carboxylic acids is 1. The van der Waals surface area contributed by atoms with Gasteiger partial charge < -0.3 is 10.2 Å². The molecule has 0 bridgehead atoms. The summed E-state index contributed by atoms with van der Waals surface area (Å²) in [7, 11) is 0. The molecule has 25 heavy (non-hydrogen) atoms. The molecule has 128 valence electrons. The molecule has 0 fully saturated rings. The van der Waals surface area contributed by atoms with Crippen LogP contribution in [-0.4, -0.2) is 21.9 Å². The summed E-state index contributed by atoms with van der Waals surface area (Å²) in [4.78, 5) is 12.6. The van der Waals surface area contributed by atoms with Gasteiger partial charge >= 0.3 is 5.97 Å². The van der Waals surface area contributed by atoms with Crippen LogP contribution in [0.5, 0.6) is 0 Å². The van der Waals surface area contributed by atoms with Crippen molar-refractivity contribution < 1.29 is 15.0 Å². The first-order valence-corrected chi connectivity index (χ1v) is 9.16. The monoisotopic (exact) mass is 352 g/mol. The normalized spacial score (nSPS) is 16.3. The number of rotatable bonds is 2. The van der Waals surface area contributed by atoms with Crippen LogP contribution in [0.15, 0.2) is 47.4 Å². The Kier molecular flexibility index (Phi) is 4.89. The molecule has 0 aromatic heterocycles. The van der Waals surface area contributed by atoms with Crippen LogP contribution in [-0.2, 0) is 5.41 Å². The van der Waals surface area contributed by atoms with Gasteiger partial charge in [-0.2, -0.15) is 0 Å². The van der Waals surface area contributed by atoms with E-state index >= 15 is 0 Å². The number of benzene rings is 2. The molecule has 0 spiro atoms. The Hall–Kier alpha value is -2.22. The molecule has 1 unspecified atom stereocenters. The van der Waals surface area contributed by atoms with Gasteiger partial charge in [0.15, 0.2) is 0 Å². The summed E-state index contributed by atoms with van der Waals surface area (Å²) in [6.45, 7) is 4.47. The molecule has 1 atom stereocenters. The number of hydrogen-bond acceptors (Lipinski definition) is 3. The van der Waals surface area contributed by atoms with Crippen LogP contribution in [0.2, 0.25) is 0 Å². The number of aromatic carboxylic acids is 1. The lowest BCUT2D eigenvalue weighted by atomic mass is 9.81. The average molecular weight is 352 g/mol. The molecule has 2 N–H and O–H groups in total. The molecule has 0 aliphatic carbocycles. The maximum atomic E-state index is 11.3. The molecule has 1 aliphatic heterocycles. The van der Waals surface area contributed by atoms with Gasteiger partial charge in [0, 0.05) is 16.0 Å². The molecule has 4 heteroatoms. The van der Waals surface area contributed by atoms with Crippen LogP contribution in [0.25, 0.3) is 0 Å². The van der Waals surface area contributed by atoms with Crippen molar-refractivity contribution >= 4 is 17.7 Å². The topological polar surface area (TPSA) is 57.5 Å². The second-order valence-electron chi connectivity index (χ2n) is 6.76. The fourth-order valence-electron chi connectivity index (χ4n) is 2.97. The minimum Gasteiger partial charge on any atom is -0.478 e. The number of thioether (sulfide) groups is 1. The summed E-state index contributed by atoms with van der Waals surface area (Å²) in [5.74, 6) is 5.83. The molecule has 0 saturated heterocycles. The molecule has 2 aromatic rings. The Morgan fingerprint density at radius 3 is 2.76 bits per heavy atom. The van der Waals surface area contributed by atoms with Gasteiger partial charge in [-0.15, -0.1) is 11.8 Å². The van der Waals surface area contributed by atoms with E-state index in [-0.39, 0.29) is 11.0 Å². The molecule has 1 aliphatic rings. The van der Waals surface area contributed by atoms with Crippen LogP contribution in [0.3, 0.4) is 0 Å². The van der Waals surface area contributed by atoms with Crippen molar-refractivity contribution in [1.29, 1.82) is 0 Å². The summed E-state index contributed by atoms with van der Waals surface area (Å²) in [6, 6.07) is 12.5. The minimum atomic E-state index is -1.13. The zero-order valence-corrected chi connectivity index (χ0v) is 15.1. The second kappa shape index (κ2) is 6.95. The Balaban J connectivity index is 1.91. The summed E-state index contributed by atoms with van der Waals surface area (Å²) in [5, 5.41) is 19.5. The first-order valence-electron chi connectivity index (χ1n) is 8.18. The van der Waals surface area contributed by atoms with E-state index in [0.29, 0.717) is 5.56 Å². The van der Waals surface area contributed by atoms with Gasteiger partial charge in [-0.05, 0) is 47.4 Å². The summed E-state index contributed by atoms with van der Waals surface area (Å²) >= 11 is 1.86. The van der Waals surface area contributed by atoms with Gasteiger partial charge in [0.1, 0.15) is 6.10 Å². The Labute approximate surface area is 152 Å². The van der Waals surface area contributed by atoms with Gasteiger partial charge in [-0.3, -0.25) is 0 Å². The fraction of sp³-hybridized carbons (Fsp3) is 0.286. The lowest BCUT2D eigenvalue weighted by Gasteiger charge is -2.32. The second-order valence-corrected chi connectivity index (χ2v) is 7.89. The van der Waals surface area contributed by atoms with Gasteiger partial charge in [0.05, 0.1) is 5.56 Å². The van der Waals surface area contributed by atoms with Crippen molar-refractivity contribution in [3.8, 4) is 11.8 Å². The summed E-state index contributed by atoms with van der Waals surface area (Å²) in [6.07, 6.45) is -0.0124. The number of carboxylic acid groups (broad SMARTS) is 1. The molecule has 3 rings (SSSR count). The Bertz CT molecular complexity index is 874. The highest BCUT2D eigenvalue weighted by molar-refractivity contribution is 7.99. The van der Waals surface area contributed by atoms with Gasteiger partial charge in [0.2, 0.25) is 0 Å². The van der Waals surface area contributed by atoms with E-state index in [2.05, 4.69) is 37.8 Å². The van der Waals surface area contributed by atoms with E-state index in [0.717, 1.165) is 17.7 Å². The predicted octanol–water partition coefficient (Wildman–Crippen LogP) is 4.24. The minimum absolute atomic E-state index is 0.0762. The van der Waals surface area contributed by atoms with Crippen molar-refractivity contribution in [3.63, 3.8) is 0 Å². The zero-order valence-electron chi connectivity index (χ0n) is 14.2. The highest BCUT2D eigenvalue weighted by Gasteiger charge is 2.27. The van der Waals surface area contributed by atoms with Crippen molar-refractivity contribution in [3.05, 3.63) is 64.7 Å². The van der Waals surface area contributed by atoms with E-state index in [4.69, 9.17) is 0 Å². The van der Waals surface area contributed by atoms with E-state index in [9.17, 15) is 15.0 Å². The summed E-state index contributed by atoms with van der Waals surface area (Å²) < 4.78 is 0. The standard InChI is InChI=1S/C21H20O3S/c1-21(2)11-12-25-19-10-8-14(13-17(19)21)7-9-18(22)15-5-3-4-6-16(15)20(23)24/h3-6,8,10,13,18,22H,11-12H2,1-2H3,(H,23,24). The van der Waals surface area contributed by atoms with Gasteiger partial charge in [-0.1, -0.05) is 43.9 Å². The largest absolute Gasteiger partial charge is 0.478 e. The van der Waals surface area contributed by atoms with Crippen LogP contribution in [0.1, 0.15) is 53.4 Å². The van der Waals surface area contributed by atoms with Crippen molar-refractivity contribution in [2.75, 3.05) is 5.75 Å². The van der Waals surface area contributed by atoms with Gasteiger partial charge in [0.25, 0.3) is 0 Å². The van der Waals surface area contributed by atoms with Crippen LogP contribution in [0.4, 0.5) is 0 Å². The molecule has 0 saturated carbocycles. The number of aliphatic hydroxyl groups excluding tert-OH is 1. The maximum Gasteiger partial charge on any atom is 0.336 e. The zero-order chi connectivity index (χ0) is 18.0. The maximum absolute atomic E-state index is 11.3. The van der Waals surface area contributed by atoms with Crippen molar-refractivity contribution in [1.82, 2.24) is 0 Å². The van der Waals surface area contributed by atoms with E-state index in [1.54, 1.807) is 18.2 Å². The summed E-state index contributed by atoms with van der Waals surface area (Å²) in [5.41, 5.74) is 2.63. The number of aliphatic hydroxyl groups is 1. The lowest BCUT2D eigenvalue weighted by Crippen LogP contribution is -2.22. The molecular weight excluding hydrogens is 332 g/mol. The molecule has 0 radical (unpaired) electrons. The van der Waals surface area contributed by atoms with Crippen molar-refractivity contribution in [2.24, 2.45) is 0 Å². The third-order valence-corrected chi connectivity index (χ3v) is 5.61. The lowest BCUT2D eigenvalue weighted by molar-refractivity contribution is 0.0692. The van der Waals surface area contributed by atoms with E-state index < -0.39 is 12.1 Å². The molecular formula is C21H20O3S. The molecule has 3 nitrogen and oxygen atoms in total. The van der Waals surface area contributed by atoms with Crippen LogP contribution >= 0.6 is 11.8 Å². The average Bonchev–Trinajstić information content (AvgIpc) is 2.59. The highest BCUT2D eigenvalue weighted by atomic mass is 32.2. The van der Waals surface area contributed by atoms with Crippen molar-refractivity contribution in [2.45, 2.75) is 36.7 Å². The fourth-order valence-corrected chi connectivity index (χ4v) is 4.46. The molecule has 1 heterocycles. The number of carbonyl (C=O) groups is 1. The number of hydrogen-bond donors (Lipinski definition) is 2. The Morgan fingerprint density at radius 1 is 1.24 bits per heavy atom. The van der Waals surface area contributed by atoms with Crippen LogP contribution in [0, 0.1) is 11.8 Å². The first-order chi connectivity index (χ1) is 11.9. The highest BCUT2D eigenvalue weighted by Crippen LogP contribution is 2.41. The van der Waals surface area contributed by atoms with Crippen LogP contribution < -0.4 is 0 Å². The predicted molar refractivity (Wildman–Crippen MR) is 100 cm³/mol. The smallest absolute Gasteiger partial charge is 0.336 e.